The first-order chi connectivity index (χ1) is 5.88. The van der Waals surface area contributed by atoms with Crippen LogP contribution in [0.5, 0.6) is 0 Å². The van der Waals surface area contributed by atoms with Gasteiger partial charge in [-0.1, -0.05) is 5.16 Å². The molecular weight excluding hydrogens is 156 g/mol. The van der Waals surface area contributed by atoms with Gasteiger partial charge in [-0.3, -0.25) is 4.98 Å². The summed E-state index contributed by atoms with van der Waals surface area (Å²) in [7, 11) is 0. The molecule has 0 atom stereocenters. The van der Waals surface area contributed by atoms with Crippen molar-refractivity contribution in [1.82, 2.24) is 15.1 Å². The molecule has 0 saturated heterocycles. The molecule has 0 fully saturated rings. The Morgan fingerprint density at radius 1 is 1.25 bits per heavy atom. The summed E-state index contributed by atoms with van der Waals surface area (Å²) in [6, 6.07) is 0. The lowest BCUT2D eigenvalue weighted by Gasteiger charge is -1.92. The normalized spacial score (nSPS) is 10.0. The number of nitrogens with zero attached hydrogens (tertiary/aromatic N) is 3. The maximum absolute atomic E-state index is 5.55. The van der Waals surface area contributed by atoms with Crippen LogP contribution in [0.2, 0.25) is 0 Å². The van der Waals surface area contributed by atoms with Crippen LogP contribution in [-0.2, 0) is 0 Å². The average molecular weight is 162 g/mol. The van der Waals surface area contributed by atoms with E-state index in [1.807, 2.05) is 0 Å². The van der Waals surface area contributed by atoms with E-state index < -0.39 is 0 Å². The molecule has 60 valence electrons. The van der Waals surface area contributed by atoms with Gasteiger partial charge in [0, 0.05) is 12.4 Å². The van der Waals surface area contributed by atoms with E-state index in [-0.39, 0.29) is 0 Å². The van der Waals surface area contributed by atoms with Gasteiger partial charge in [-0.15, -0.1) is 0 Å². The topological polar surface area (TPSA) is 77.8 Å². The minimum Gasteiger partial charge on any atom is -0.394 e. The fourth-order valence-corrected chi connectivity index (χ4v) is 0.858. The smallest absolute Gasteiger partial charge is 0.209 e. The van der Waals surface area contributed by atoms with Crippen molar-refractivity contribution in [3.05, 3.63) is 24.8 Å². The Balaban J connectivity index is 2.51. The summed E-state index contributed by atoms with van der Waals surface area (Å²) in [5.74, 6) is 0.461. The molecule has 0 aliphatic heterocycles. The summed E-state index contributed by atoms with van der Waals surface area (Å²) in [5, 5.41) is 3.53. The van der Waals surface area contributed by atoms with Crippen molar-refractivity contribution in [1.29, 1.82) is 0 Å². The molecule has 5 nitrogen and oxygen atoms in total. The van der Waals surface area contributed by atoms with E-state index >= 15 is 0 Å². The number of nitrogens with two attached hydrogens (primary N) is 1. The standard InChI is InChI=1S/C7H6N4O/c8-5-3-11-12-7(5)6-4-9-1-2-10-6/h1-4H,8H2. The first kappa shape index (κ1) is 6.78. The molecule has 2 N–H and O–H groups in total. The maximum Gasteiger partial charge on any atom is 0.209 e. The van der Waals surface area contributed by atoms with Crippen molar-refractivity contribution in [2.75, 3.05) is 5.73 Å². The number of aromatic nitrogens is 3. The van der Waals surface area contributed by atoms with Crippen LogP contribution in [0.1, 0.15) is 0 Å². The maximum atomic E-state index is 5.55. The summed E-state index contributed by atoms with van der Waals surface area (Å²) in [6.07, 6.45) is 6.15. The zero-order chi connectivity index (χ0) is 8.39. The average Bonchev–Trinajstić information content (AvgIpc) is 2.53. The Hall–Kier alpha value is -1.91. The van der Waals surface area contributed by atoms with Crippen LogP contribution in [-0.4, -0.2) is 15.1 Å². The Bertz CT molecular complexity index is 370. The second kappa shape index (κ2) is 2.61. The Labute approximate surface area is 68.2 Å². The van der Waals surface area contributed by atoms with E-state index in [1.54, 1.807) is 18.6 Å². The largest absolute Gasteiger partial charge is 0.394 e. The molecule has 0 spiro atoms. The summed E-state index contributed by atoms with van der Waals surface area (Å²) in [4.78, 5) is 7.88. The van der Waals surface area contributed by atoms with Gasteiger partial charge >= 0.3 is 0 Å². The predicted molar refractivity (Wildman–Crippen MR) is 41.9 cm³/mol. The molecule has 0 unspecified atom stereocenters. The first-order valence-electron chi connectivity index (χ1n) is 3.34. The lowest BCUT2D eigenvalue weighted by atomic mass is 10.3. The van der Waals surface area contributed by atoms with Crippen molar-refractivity contribution < 1.29 is 4.52 Å². The Morgan fingerprint density at radius 3 is 2.75 bits per heavy atom. The summed E-state index contributed by atoms with van der Waals surface area (Å²) < 4.78 is 4.87. The van der Waals surface area contributed by atoms with Gasteiger partial charge in [0.25, 0.3) is 0 Å². The van der Waals surface area contributed by atoms with Crippen LogP contribution in [0.15, 0.2) is 29.3 Å². The molecule has 2 heterocycles. The van der Waals surface area contributed by atoms with Gasteiger partial charge in [-0.2, -0.15) is 0 Å². The highest BCUT2D eigenvalue weighted by Gasteiger charge is 2.07. The number of nitrogen functional groups attached to an aromatic ring is 1. The highest BCUT2D eigenvalue weighted by Crippen LogP contribution is 2.21. The predicted octanol–water partition coefficient (Wildman–Crippen LogP) is 0.714. The van der Waals surface area contributed by atoms with Crippen molar-refractivity contribution in [2.45, 2.75) is 0 Å². The highest BCUT2D eigenvalue weighted by molar-refractivity contribution is 5.65. The fourth-order valence-electron chi connectivity index (χ4n) is 0.858. The van der Waals surface area contributed by atoms with Crippen molar-refractivity contribution in [3.63, 3.8) is 0 Å². The third-order valence-corrected chi connectivity index (χ3v) is 1.39. The number of rotatable bonds is 1. The quantitative estimate of drug-likeness (QED) is 0.668. The van der Waals surface area contributed by atoms with E-state index in [0.717, 1.165) is 0 Å². The van der Waals surface area contributed by atoms with Crippen LogP contribution in [0, 0.1) is 0 Å². The van der Waals surface area contributed by atoms with Crippen LogP contribution in [0.4, 0.5) is 5.69 Å². The van der Waals surface area contributed by atoms with Gasteiger partial charge in [-0.25, -0.2) is 4.98 Å². The highest BCUT2D eigenvalue weighted by atomic mass is 16.5. The monoisotopic (exact) mass is 162 g/mol. The lowest BCUT2D eigenvalue weighted by Crippen LogP contribution is -1.87. The van der Waals surface area contributed by atoms with Gasteiger partial charge < -0.3 is 10.3 Å². The van der Waals surface area contributed by atoms with Gasteiger partial charge in [0.2, 0.25) is 5.76 Å². The van der Waals surface area contributed by atoms with Crippen molar-refractivity contribution in [2.24, 2.45) is 0 Å². The number of hydrogen-bond acceptors (Lipinski definition) is 5. The first-order valence-corrected chi connectivity index (χ1v) is 3.34. The minimum absolute atomic E-state index is 0.461. The molecule has 0 radical (unpaired) electrons. The van der Waals surface area contributed by atoms with Crippen LogP contribution in [0.25, 0.3) is 11.5 Å². The van der Waals surface area contributed by atoms with Crippen LogP contribution >= 0.6 is 0 Å². The second-order valence-electron chi connectivity index (χ2n) is 2.20. The van der Waals surface area contributed by atoms with Crippen molar-refractivity contribution >= 4 is 5.69 Å². The number of hydrogen-bond donors (Lipinski definition) is 1. The molecule has 0 aliphatic rings. The molecule has 2 aromatic rings. The zero-order valence-electron chi connectivity index (χ0n) is 6.14. The van der Waals surface area contributed by atoms with Gasteiger partial charge in [0.1, 0.15) is 11.4 Å². The molecule has 5 heteroatoms. The van der Waals surface area contributed by atoms with E-state index in [0.29, 0.717) is 17.1 Å². The molecule has 12 heavy (non-hydrogen) atoms. The fraction of sp³-hybridized carbons (Fsp3) is 0. The third kappa shape index (κ3) is 1.01. The summed E-state index contributed by atoms with van der Waals surface area (Å²) in [5.41, 5.74) is 6.61. The summed E-state index contributed by atoms with van der Waals surface area (Å²) >= 11 is 0. The lowest BCUT2D eigenvalue weighted by molar-refractivity contribution is 0.431. The van der Waals surface area contributed by atoms with Gasteiger partial charge in [0.15, 0.2) is 0 Å². The zero-order valence-corrected chi connectivity index (χ0v) is 6.14. The van der Waals surface area contributed by atoms with Gasteiger partial charge in [-0.05, 0) is 0 Å². The SMILES string of the molecule is Nc1cnoc1-c1cnccn1. The third-order valence-electron chi connectivity index (χ3n) is 1.39. The van der Waals surface area contributed by atoms with Crippen LogP contribution < -0.4 is 5.73 Å². The summed E-state index contributed by atoms with van der Waals surface area (Å²) in [6.45, 7) is 0. The van der Waals surface area contributed by atoms with Gasteiger partial charge in [0.05, 0.1) is 12.4 Å². The molecule has 0 bridgehead atoms. The van der Waals surface area contributed by atoms with E-state index in [1.165, 1.54) is 6.20 Å². The Kier molecular flexibility index (Phi) is 1.48. The second-order valence-corrected chi connectivity index (χ2v) is 2.20. The molecule has 0 saturated carbocycles. The minimum atomic E-state index is 0.461. The molecular formula is C7H6N4O. The van der Waals surface area contributed by atoms with E-state index in [4.69, 9.17) is 10.3 Å². The molecule has 2 rings (SSSR count). The van der Waals surface area contributed by atoms with E-state index in [9.17, 15) is 0 Å². The molecule has 0 aliphatic carbocycles. The molecule has 2 aromatic heterocycles. The van der Waals surface area contributed by atoms with E-state index in [2.05, 4.69) is 15.1 Å². The van der Waals surface area contributed by atoms with Crippen molar-refractivity contribution in [3.8, 4) is 11.5 Å². The molecule has 0 amide bonds. The molecule has 0 aromatic carbocycles. The number of anilines is 1. The van der Waals surface area contributed by atoms with Crippen LogP contribution in [0.3, 0.4) is 0 Å². The Morgan fingerprint density at radius 2 is 2.17 bits per heavy atom.